The molecule has 0 aromatic heterocycles. The molecule has 0 heteroatoms. The van der Waals surface area contributed by atoms with Gasteiger partial charge in [-0.05, 0) is 84.9 Å². The number of hydrogen-bond donors (Lipinski definition) is 0. The highest BCUT2D eigenvalue weighted by atomic mass is 14.7. The Morgan fingerprint density at radius 1 is 0.944 bits per heavy atom. The lowest BCUT2D eigenvalue weighted by atomic mass is 9.51. The molecule has 0 radical (unpaired) electrons. The molecule has 0 aliphatic heterocycles. The fraction of sp³-hybridized carbons (Fsp3) is 1.00. The molecule has 4 saturated carbocycles. The van der Waals surface area contributed by atoms with Crippen LogP contribution in [0.5, 0.6) is 0 Å². The van der Waals surface area contributed by atoms with Gasteiger partial charge in [0.1, 0.15) is 0 Å². The van der Waals surface area contributed by atoms with Crippen LogP contribution in [0.15, 0.2) is 0 Å². The molecule has 0 heterocycles. The second-order valence-electron chi connectivity index (χ2n) is 9.05. The summed E-state index contributed by atoms with van der Waals surface area (Å²) in [5.41, 5.74) is 1.21. The third-order valence-corrected chi connectivity index (χ3v) is 8.07. The van der Waals surface area contributed by atoms with Gasteiger partial charge in [0, 0.05) is 0 Å². The minimum atomic E-state index is 0.522. The van der Waals surface area contributed by atoms with Crippen molar-refractivity contribution in [2.24, 2.45) is 46.3 Å². The van der Waals surface area contributed by atoms with Gasteiger partial charge in [0.2, 0.25) is 0 Å². The summed E-state index contributed by atoms with van der Waals surface area (Å²) in [6, 6.07) is 0. The van der Waals surface area contributed by atoms with Gasteiger partial charge in [-0.25, -0.2) is 0 Å². The topological polar surface area (TPSA) is 0 Å². The van der Waals surface area contributed by atoms with Gasteiger partial charge in [0.05, 0.1) is 0 Å². The largest absolute Gasteiger partial charge is 0.0648 e. The SMILES string of the molecule is CCC1(C(C)(C)C)CC2CC1C1C3CCC(C3)C21. The highest BCUT2D eigenvalue weighted by molar-refractivity contribution is 5.16. The molecule has 102 valence electrons. The van der Waals surface area contributed by atoms with Gasteiger partial charge < -0.3 is 0 Å². The van der Waals surface area contributed by atoms with Crippen molar-refractivity contribution in [3.63, 3.8) is 0 Å². The van der Waals surface area contributed by atoms with E-state index in [1.807, 2.05) is 0 Å². The van der Waals surface area contributed by atoms with E-state index in [1.165, 1.54) is 12.3 Å². The van der Waals surface area contributed by atoms with Crippen molar-refractivity contribution in [2.75, 3.05) is 0 Å². The lowest BCUT2D eigenvalue weighted by molar-refractivity contribution is -0.0472. The van der Waals surface area contributed by atoms with Gasteiger partial charge in [0.15, 0.2) is 0 Å². The first-order valence-electron chi connectivity index (χ1n) is 8.48. The zero-order valence-electron chi connectivity index (χ0n) is 12.7. The molecular weight excluding hydrogens is 216 g/mol. The maximum atomic E-state index is 2.53. The first kappa shape index (κ1) is 11.8. The van der Waals surface area contributed by atoms with Crippen molar-refractivity contribution in [3.05, 3.63) is 0 Å². The van der Waals surface area contributed by atoms with Crippen LogP contribution in [-0.2, 0) is 0 Å². The van der Waals surface area contributed by atoms with E-state index in [1.54, 1.807) is 32.1 Å². The zero-order chi connectivity index (χ0) is 12.7. The van der Waals surface area contributed by atoms with Crippen LogP contribution in [0.3, 0.4) is 0 Å². The van der Waals surface area contributed by atoms with Crippen LogP contribution in [0.25, 0.3) is 0 Å². The summed E-state index contributed by atoms with van der Waals surface area (Å²) in [4.78, 5) is 0. The van der Waals surface area contributed by atoms with Crippen molar-refractivity contribution < 1.29 is 0 Å². The average Bonchev–Trinajstić information content (AvgIpc) is 3.04. The molecule has 0 nitrogen and oxygen atoms in total. The molecular formula is C18H30. The summed E-state index contributed by atoms with van der Waals surface area (Å²) in [7, 11) is 0. The van der Waals surface area contributed by atoms with E-state index in [0.717, 1.165) is 29.6 Å². The van der Waals surface area contributed by atoms with E-state index < -0.39 is 0 Å². The van der Waals surface area contributed by atoms with Gasteiger partial charge in [-0.2, -0.15) is 0 Å². The van der Waals surface area contributed by atoms with E-state index in [-0.39, 0.29) is 0 Å². The minimum Gasteiger partial charge on any atom is -0.0648 e. The van der Waals surface area contributed by atoms with Gasteiger partial charge in [-0.15, -0.1) is 0 Å². The molecule has 4 fully saturated rings. The molecule has 0 aromatic carbocycles. The summed E-state index contributed by atoms with van der Waals surface area (Å²) in [5, 5.41) is 0. The van der Waals surface area contributed by atoms with E-state index in [2.05, 4.69) is 27.7 Å². The van der Waals surface area contributed by atoms with E-state index in [9.17, 15) is 0 Å². The first-order chi connectivity index (χ1) is 8.48. The van der Waals surface area contributed by atoms with Crippen molar-refractivity contribution in [3.8, 4) is 0 Å². The molecule has 0 spiro atoms. The van der Waals surface area contributed by atoms with E-state index in [0.29, 0.717) is 10.8 Å². The van der Waals surface area contributed by atoms with Crippen LogP contribution in [-0.4, -0.2) is 0 Å². The monoisotopic (exact) mass is 246 g/mol. The Bertz CT molecular complexity index is 363. The van der Waals surface area contributed by atoms with E-state index >= 15 is 0 Å². The van der Waals surface area contributed by atoms with Gasteiger partial charge in [0.25, 0.3) is 0 Å². The third-order valence-electron chi connectivity index (χ3n) is 8.07. The standard InChI is InChI=1S/C18H30/c1-5-18(17(2,3)4)10-13-9-14(18)16-12-7-6-11(8-12)15(13)16/h11-16H,5-10H2,1-4H3. The highest BCUT2D eigenvalue weighted by Gasteiger charge is 2.68. The fourth-order valence-corrected chi connectivity index (χ4v) is 7.55. The lowest BCUT2D eigenvalue weighted by Gasteiger charge is -2.53. The number of hydrogen-bond acceptors (Lipinski definition) is 0. The summed E-state index contributed by atoms with van der Waals surface area (Å²) < 4.78 is 0. The second kappa shape index (κ2) is 3.36. The third kappa shape index (κ3) is 1.15. The zero-order valence-corrected chi connectivity index (χ0v) is 12.7. The molecule has 7 atom stereocenters. The van der Waals surface area contributed by atoms with Crippen LogP contribution >= 0.6 is 0 Å². The molecule has 4 aliphatic carbocycles. The molecule has 4 bridgehead atoms. The van der Waals surface area contributed by atoms with Crippen molar-refractivity contribution >= 4 is 0 Å². The second-order valence-corrected chi connectivity index (χ2v) is 9.05. The Hall–Kier alpha value is 0. The Morgan fingerprint density at radius 2 is 1.61 bits per heavy atom. The fourth-order valence-electron chi connectivity index (χ4n) is 7.55. The Balaban J connectivity index is 1.73. The predicted molar refractivity (Wildman–Crippen MR) is 76.2 cm³/mol. The number of fused-ring (bicyclic) bond motifs is 9. The quantitative estimate of drug-likeness (QED) is 0.563. The van der Waals surface area contributed by atoms with E-state index in [4.69, 9.17) is 0 Å². The van der Waals surface area contributed by atoms with Crippen LogP contribution in [0.4, 0.5) is 0 Å². The minimum absolute atomic E-state index is 0.522. The maximum Gasteiger partial charge on any atom is -0.0217 e. The Morgan fingerprint density at radius 3 is 2.22 bits per heavy atom. The Labute approximate surface area is 113 Å². The summed E-state index contributed by atoms with van der Waals surface area (Å²) >= 11 is 0. The first-order valence-corrected chi connectivity index (χ1v) is 8.48. The van der Waals surface area contributed by atoms with Crippen molar-refractivity contribution in [2.45, 2.75) is 66.2 Å². The van der Waals surface area contributed by atoms with Crippen LogP contribution in [0.2, 0.25) is 0 Å². The molecule has 0 aromatic rings. The van der Waals surface area contributed by atoms with Gasteiger partial charge in [-0.1, -0.05) is 27.7 Å². The Kier molecular flexibility index (Phi) is 2.20. The number of rotatable bonds is 1. The normalized spacial score (nSPS) is 57.3. The molecule has 0 amide bonds. The van der Waals surface area contributed by atoms with Crippen LogP contribution in [0.1, 0.15) is 66.2 Å². The molecule has 0 saturated heterocycles. The maximum absolute atomic E-state index is 2.53. The highest BCUT2D eigenvalue weighted by Crippen LogP contribution is 2.75. The molecule has 18 heavy (non-hydrogen) atoms. The predicted octanol–water partition coefficient (Wildman–Crippen LogP) is 5.13. The van der Waals surface area contributed by atoms with Crippen molar-refractivity contribution in [1.82, 2.24) is 0 Å². The van der Waals surface area contributed by atoms with Gasteiger partial charge in [-0.3, -0.25) is 0 Å². The molecule has 4 rings (SSSR count). The molecule has 0 N–H and O–H groups in total. The summed E-state index contributed by atoms with van der Waals surface area (Å²) in [5.74, 6) is 6.84. The van der Waals surface area contributed by atoms with Gasteiger partial charge >= 0.3 is 0 Å². The smallest absolute Gasteiger partial charge is 0.0217 e. The summed E-state index contributed by atoms with van der Waals surface area (Å²) in [6.07, 6.45) is 9.39. The lowest BCUT2D eigenvalue weighted by Crippen LogP contribution is -2.46. The molecule has 7 unspecified atom stereocenters. The van der Waals surface area contributed by atoms with Crippen LogP contribution < -0.4 is 0 Å². The van der Waals surface area contributed by atoms with Crippen LogP contribution in [0, 0.1) is 46.3 Å². The molecule has 4 aliphatic rings. The average molecular weight is 246 g/mol. The van der Waals surface area contributed by atoms with Crippen molar-refractivity contribution in [1.29, 1.82) is 0 Å². The summed E-state index contributed by atoms with van der Waals surface area (Å²) in [6.45, 7) is 10.1.